The summed E-state index contributed by atoms with van der Waals surface area (Å²) in [6, 6.07) is 10.2. The lowest BCUT2D eigenvalue weighted by Gasteiger charge is -2.35. The second-order valence-corrected chi connectivity index (χ2v) is 5.45. The number of allylic oxidation sites excluding steroid dienone is 1. The van der Waals surface area contributed by atoms with E-state index in [1.165, 1.54) is 5.56 Å². The zero-order valence-electron chi connectivity index (χ0n) is 9.35. The summed E-state index contributed by atoms with van der Waals surface area (Å²) in [6.07, 6.45) is 1.88. The van der Waals surface area contributed by atoms with E-state index < -0.39 is 0 Å². The Morgan fingerprint density at radius 3 is 2.88 bits per heavy atom. The van der Waals surface area contributed by atoms with Crippen LogP contribution >= 0.6 is 11.8 Å². The lowest BCUT2D eigenvalue weighted by atomic mass is 10.1. The first kappa shape index (κ1) is 10.9. The highest BCUT2D eigenvalue weighted by atomic mass is 32.2. The average Bonchev–Trinajstić information content (AvgIpc) is 2.39. The Labute approximate surface area is 105 Å². The largest absolute Gasteiger partial charge is 0.368 e. The van der Waals surface area contributed by atoms with E-state index in [0.29, 0.717) is 11.0 Å². The predicted octanol–water partition coefficient (Wildman–Crippen LogP) is 1.45. The van der Waals surface area contributed by atoms with Crippen molar-refractivity contribution in [3.05, 3.63) is 47.7 Å². The van der Waals surface area contributed by atoms with E-state index in [2.05, 4.69) is 22.8 Å². The van der Waals surface area contributed by atoms with Gasteiger partial charge in [-0.1, -0.05) is 30.3 Å². The van der Waals surface area contributed by atoms with Crippen LogP contribution in [0.4, 0.5) is 0 Å². The van der Waals surface area contributed by atoms with E-state index in [1.807, 2.05) is 18.2 Å². The third-order valence-corrected chi connectivity index (χ3v) is 4.32. The molecule has 2 aliphatic heterocycles. The molecule has 0 saturated carbocycles. The minimum Gasteiger partial charge on any atom is -0.368 e. The predicted molar refractivity (Wildman–Crippen MR) is 69.7 cm³/mol. The Hall–Kier alpha value is -1.26. The van der Waals surface area contributed by atoms with Gasteiger partial charge in [-0.2, -0.15) is 0 Å². The van der Waals surface area contributed by atoms with Gasteiger partial charge in [0.2, 0.25) is 0 Å². The molecule has 2 atom stereocenters. The van der Waals surface area contributed by atoms with Gasteiger partial charge in [-0.3, -0.25) is 10.1 Å². The number of carbonyl (C=O) groups is 1. The average molecular weight is 246 g/mol. The summed E-state index contributed by atoms with van der Waals surface area (Å²) >= 11 is 1.71. The van der Waals surface area contributed by atoms with E-state index in [-0.39, 0.29) is 11.9 Å². The van der Waals surface area contributed by atoms with Crippen LogP contribution in [0.3, 0.4) is 0 Å². The third-order valence-electron chi connectivity index (χ3n) is 3.04. The number of rotatable bonds is 1. The number of nitrogens with one attached hydrogen (secondary N) is 2. The van der Waals surface area contributed by atoms with Crippen LogP contribution in [0.1, 0.15) is 11.7 Å². The lowest BCUT2D eigenvalue weighted by Crippen LogP contribution is -2.48. The Balaban J connectivity index is 1.81. The first-order valence-corrected chi connectivity index (χ1v) is 6.79. The van der Waals surface area contributed by atoms with Crippen LogP contribution in [0.15, 0.2) is 42.1 Å². The second kappa shape index (κ2) is 4.55. The summed E-state index contributed by atoms with van der Waals surface area (Å²) in [5.74, 6) is 0.815. The highest BCUT2D eigenvalue weighted by molar-refractivity contribution is 8.00. The van der Waals surface area contributed by atoms with E-state index in [4.69, 9.17) is 0 Å². The summed E-state index contributed by atoms with van der Waals surface area (Å²) in [7, 11) is 0. The first-order valence-electron chi connectivity index (χ1n) is 5.74. The fourth-order valence-electron chi connectivity index (χ4n) is 2.17. The van der Waals surface area contributed by atoms with Gasteiger partial charge in [0, 0.05) is 18.3 Å². The van der Waals surface area contributed by atoms with Crippen LogP contribution in [-0.2, 0) is 4.79 Å². The second-order valence-electron chi connectivity index (χ2n) is 4.26. The summed E-state index contributed by atoms with van der Waals surface area (Å²) in [4.78, 5) is 11.4. The summed E-state index contributed by atoms with van der Waals surface area (Å²) < 4.78 is 0. The molecule has 3 rings (SSSR count). The number of carbonyl (C=O) groups excluding carboxylic acids is 1. The summed E-state index contributed by atoms with van der Waals surface area (Å²) in [5.41, 5.74) is 2.27. The SMILES string of the molecule is O=C1C=C2NC(c3ccccc3)NCC2SC1. The van der Waals surface area contributed by atoms with Gasteiger partial charge >= 0.3 is 0 Å². The number of hydrogen-bond donors (Lipinski definition) is 2. The molecule has 1 aromatic rings. The number of fused-ring (bicyclic) bond motifs is 1. The van der Waals surface area contributed by atoms with Gasteiger partial charge in [-0.25, -0.2) is 0 Å². The molecule has 1 fully saturated rings. The molecule has 0 radical (unpaired) electrons. The van der Waals surface area contributed by atoms with Gasteiger partial charge in [0.25, 0.3) is 0 Å². The Bertz CT molecular complexity index is 458. The topological polar surface area (TPSA) is 41.1 Å². The van der Waals surface area contributed by atoms with Gasteiger partial charge in [0.1, 0.15) is 6.17 Å². The van der Waals surface area contributed by atoms with Gasteiger partial charge in [-0.05, 0) is 5.56 Å². The highest BCUT2D eigenvalue weighted by Gasteiger charge is 2.29. The zero-order valence-corrected chi connectivity index (χ0v) is 10.2. The molecular formula is C13H14N2OS. The van der Waals surface area contributed by atoms with Crippen molar-refractivity contribution in [2.45, 2.75) is 11.4 Å². The van der Waals surface area contributed by atoms with E-state index in [0.717, 1.165) is 12.2 Å². The molecule has 2 aliphatic rings. The van der Waals surface area contributed by atoms with Crippen molar-refractivity contribution in [1.29, 1.82) is 0 Å². The van der Waals surface area contributed by atoms with Crippen LogP contribution in [0, 0.1) is 0 Å². The molecule has 0 aliphatic carbocycles. The summed E-state index contributed by atoms with van der Waals surface area (Å²) in [6.45, 7) is 0.913. The number of ketones is 1. The quantitative estimate of drug-likeness (QED) is 0.787. The number of benzene rings is 1. The van der Waals surface area contributed by atoms with Crippen molar-refractivity contribution in [3.8, 4) is 0 Å². The van der Waals surface area contributed by atoms with Crippen molar-refractivity contribution in [3.63, 3.8) is 0 Å². The third kappa shape index (κ3) is 2.23. The van der Waals surface area contributed by atoms with Crippen molar-refractivity contribution >= 4 is 17.5 Å². The minimum absolute atomic E-state index is 0.116. The van der Waals surface area contributed by atoms with E-state index >= 15 is 0 Å². The molecule has 2 unspecified atom stereocenters. The fourth-order valence-corrected chi connectivity index (χ4v) is 3.15. The van der Waals surface area contributed by atoms with Crippen molar-refractivity contribution < 1.29 is 4.79 Å². The Morgan fingerprint density at radius 2 is 2.06 bits per heavy atom. The van der Waals surface area contributed by atoms with Gasteiger partial charge in [0.05, 0.1) is 11.0 Å². The maximum atomic E-state index is 11.4. The molecular weight excluding hydrogens is 232 g/mol. The molecule has 17 heavy (non-hydrogen) atoms. The smallest absolute Gasteiger partial charge is 0.167 e. The highest BCUT2D eigenvalue weighted by Crippen LogP contribution is 2.28. The van der Waals surface area contributed by atoms with Crippen LogP contribution in [-0.4, -0.2) is 23.3 Å². The first-order chi connectivity index (χ1) is 8.33. The standard InChI is InChI=1S/C13H14N2OS/c16-10-6-11-12(17-8-10)7-14-13(15-11)9-4-2-1-3-5-9/h1-6,12-15H,7-8H2. The molecule has 3 nitrogen and oxygen atoms in total. The molecule has 0 spiro atoms. The van der Waals surface area contributed by atoms with Gasteiger partial charge in [-0.15, -0.1) is 11.8 Å². The number of thioether (sulfide) groups is 1. The summed E-state index contributed by atoms with van der Waals surface area (Å²) in [5, 5.41) is 7.27. The molecule has 0 bridgehead atoms. The molecule has 1 aromatic carbocycles. The molecule has 0 aromatic heterocycles. The molecule has 0 amide bonds. The molecule has 2 N–H and O–H groups in total. The lowest BCUT2D eigenvalue weighted by molar-refractivity contribution is -0.112. The van der Waals surface area contributed by atoms with Crippen LogP contribution in [0.25, 0.3) is 0 Å². The minimum atomic E-state index is 0.116. The van der Waals surface area contributed by atoms with Crippen molar-refractivity contribution in [1.82, 2.24) is 10.6 Å². The molecule has 88 valence electrons. The molecule has 4 heteroatoms. The van der Waals surface area contributed by atoms with Crippen LogP contribution in [0.5, 0.6) is 0 Å². The van der Waals surface area contributed by atoms with Crippen LogP contribution < -0.4 is 10.6 Å². The van der Waals surface area contributed by atoms with Crippen LogP contribution in [0.2, 0.25) is 0 Å². The maximum Gasteiger partial charge on any atom is 0.167 e. The van der Waals surface area contributed by atoms with Gasteiger partial charge in [0.15, 0.2) is 5.78 Å². The fraction of sp³-hybridized carbons (Fsp3) is 0.308. The Kier molecular flexibility index (Phi) is 2.91. The van der Waals surface area contributed by atoms with E-state index in [1.54, 1.807) is 17.8 Å². The van der Waals surface area contributed by atoms with Crippen molar-refractivity contribution in [2.75, 3.05) is 12.3 Å². The van der Waals surface area contributed by atoms with Crippen molar-refractivity contribution in [2.24, 2.45) is 0 Å². The van der Waals surface area contributed by atoms with E-state index in [9.17, 15) is 4.79 Å². The van der Waals surface area contributed by atoms with Gasteiger partial charge < -0.3 is 5.32 Å². The molecule has 2 heterocycles. The number of hydrogen-bond acceptors (Lipinski definition) is 4. The normalized spacial score (nSPS) is 28.0. The maximum absolute atomic E-state index is 11.4. The monoisotopic (exact) mass is 246 g/mol. The molecule has 1 saturated heterocycles. The Morgan fingerprint density at radius 1 is 1.24 bits per heavy atom. The zero-order chi connectivity index (χ0) is 11.7.